The third-order valence-corrected chi connectivity index (χ3v) is 3.77. The highest BCUT2D eigenvalue weighted by Crippen LogP contribution is 2.22. The fourth-order valence-electron chi connectivity index (χ4n) is 1.42. The van der Waals surface area contributed by atoms with Crippen LogP contribution in [0.4, 0.5) is 0 Å². The molecule has 0 saturated carbocycles. The van der Waals surface area contributed by atoms with Gasteiger partial charge in [-0.2, -0.15) is 0 Å². The fourth-order valence-corrected chi connectivity index (χ4v) is 2.38. The molecule has 0 bridgehead atoms. The Labute approximate surface area is 105 Å². The van der Waals surface area contributed by atoms with Gasteiger partial charge in [0, 0.05) is 11.9 Å². The zero-order valence-electron chi connectivity index (χ0n) is 10.5. The summed E-state index contributed by atoms with van der Waals surface area (Å²) in [7, 11) is 1.63. The van der Waals surface area contributed by atoms with Crippen molar-refractivity contribution < 1.29 is 14.7 Å². The second-order valence-electron chi connectivity index (χ2n) is 4.62. The van der Waals surface area contributed by atoms with E-state index in [1.54, 1.807) is 18.4 Å². The molecular weight excluding hydrogens is 238 g/mol. The number of thiophene rings is 1. The highest BCUT2D eigenvalue weighted by Gasteiger charge is 2.38. The Balaban J connectivity index is 2.78. The Morgan fingerprint density at radius 2 is 2.06 bits per heavy atom. The average Bonchev–Trinajstić information content (AvgIpc) is 2.63. The third kappa shape index (κ3) is 2.85. The van der Waals surface area contributed by atoms with Gasteiger partial charge >= 0.3 is 5.97 Å². The number of hydrogen-bond donors (Lipinski definition) is 1. The van der Waals surface area contributed by atoms with Crippen molar-refractivity contribution in [3.8, 4) is 0 Å². The van der Waals surface area contributed by atoms with Gasteiger partial charge in [0.2, 0.25) is 5.91 Å². The van der Waals surface area contributed by atoms with Crippen molar-refractivity contribution in [2.75, 3.05) is 7.05 Å². The molecule has 1 aromatic rings. The topological polar surface area (TPSA) is 57.6 Å². The summed E-state index contributed by atoms with van der Waals surface area (Å²) < 4.78 is 0. The maximum atomic E-state index is 12.0. The maximum Gasteiger partial charge on any atom is 0.318 e. The number of aryl methyl sites for hydroxylation is 1. The molecule has 0 unspecified atom stereocenters. The van der Waals surface area contributed by atoms with E-state index in [0.29, 0.717) is 6.54 Å². The molecule has 0 saturated heterocycles. The predicted molar refractivity (Wildman–Crippen MR) is 66.9 cm³/mol. The van der Waals surface area contributed by atoms with Crippen LogP contribution in [-0.2, 0) is 16.1 Å². The van der Waals surface area contributed by atoms with Crippen molar-refractivity contribution in [1.29, 1.82) is 0 Å². The monoisotopic (exact) mass is 255 g/mol. The first-order valence-electron chi connectivity index (χ1n) is 5.28. The van der Waals surface area contributed by atoms with Crippen molar-refractivity contribution >= 4 is 23.2 Å². The van der Waals surface area contributed by atoms with Gasteiger partial charge in [0.05, 0.1) is 6.54 Å². The maximum absolute atomic E-state index is 12.0. The number of carbonyl (C=O) groups is 2. The van der Waals surface area contributed by atoms with Crippen LogP contribution in [0.2, 0.25) is 0 Å². The molecule has 0 aliphatic heterocycles. The van der Waals surface area contributed by atoms with Crippen molar-refractivity contribution in [3.63, 3.8) is 0 Å². The number of carboxylic acids is 1. The van der Waals surface area contributed by atoms with Crippen LogP contribution in [-0.4, -0.2) is 28.9 Å². The molecule has 0 aliphatic carbocycles. The smallest absolute Gasteiger partial charge is 0.318 e. The molecular formula is C12H17NO3S. The van der Waals surface area contributed by atoms with Gasteiger partial charge in [-0.3, -0.25) is 9.59 Å². The van der Waals surface area contributed by atoms with Crippen molar-refractivity contribution in [3.05, 3.63) is 21.9 Å². The first-order chi connectivity index (χ1) is 7.76. The number of aliphatic carboxylic acids is 1. The van der Waals surface area contributed by atoms with Crippen LogP contribution < -0.4 is 0 Å². The van der Waals surface area contributed by atoms with Crippen molar-refractivity contribution in [1.82, 2.24) is 4.90 Å². The van der Waals surface area contributed by atoms with E-state index >= 15 is 0 Å². The summed E-state index contributed by atoms with van der Waals surface area (Å²) in [6, 6.07) is 1.99. The summed E-state index contributed by atoms with van der Waals surface area (Å²) in [6.07, 6.45) is 0. The zero-order valence-corrected chi connectivity index (χ0v) is 11.3. The lowest BCUT2D eigenvalue weighted by Crippen LogP contribution is -2.42. The number of nitrogens with zero attached hydrogens (tertiary/aromatic N) is 1. The van der Waals surface area contributed by atoms with E-state index in [2.05, 4.69) is 0 Å². The Hall–Kier alpha value is -1.36. The lowest BCUT2D eigenvalue weighted by molar-refractivity contribution is -0.157. The first-order valence-corrected chi connectivity index (χ1v) is 6.16. The largest absolute Gasteiger partial charge is 0.480 e. The molecule has 0 aromatic carbocycles. The molecule has 1 heterocycles. The lowest BCUT2D eigenvalue weighted by Gasteiger charge is -2.25. The van der Waals surface area contributed by atoms with Crippen LogP contribution >= 0.6 is 11.3 Å². The Morgan fingerprint density at radius 1 is 1.47 bits per heavy atom. The van der Waals surface area contributed by atoms with Gasteiger partial charge in [-0.25, -0.2) is 0 Å². The molecule has 1 amide bonds. The normalized spacial score (nSPS) is 11.3. The first kappa shape index (κ1) is 13.7. The Morgan fingerprint density at radius 3 is 2.47 bits per heavy atom. The minimum atomic E-state index is -1.38. The summed E-state index contributed by atoms with van der Waals surface area (Å²) in [4.78, 5) is 25.5. The van der Waals surface area contributed by atoms with Crippen LogP contribution in [0.1, 0.15) is 24.3 Å². The van der Waals surface area contributed by atoms with E-state index in [4.69, 9.17) is 5.11 Å². The number of rotatable bonds is 4. The fraction of sp³-hybridized carbons (Fsp3) is 0.500. The quantitative estimate of drug-likeness (QED) is 0.838. The third-order valence-electron chi connectivity index (χ3n) is 2.76. The SMILES string of the molecule is Cc1ccsc1CN(C)C(=O)C(C)(C)C(=O)O. The zero-order chi connectivity index (χ0) is 13.2. The molecule has 17 heavy (non-hydrogen) atoms. The van der Waals surface area contributed by atoms with Gasteiger partial charge in [0.25, 0.3) is 0 Å². The number of carbonyl (C=O) groups excluding carboxylic acids is 1. The van der Waals surface area contributed by atoms with Crippen LogP contribution in [0, 0.1) is 12.3 Å². The van der Waals surface area contributed by atoms with Gasteiger partial charge in [-0.15, -0.1) is 11.3 Å². The highest BCUT2D eigenvalue weighted by molar-refractivity contribution is 7.10. The minimum absolute atomic E-state index is 0.377. The molecule has 0 aliphatic rings. The van der Waals surface area contributed by atoms with Gasteiger partial charge < -0.3 is 10.0 Å². The van der Waals surface area contributed by atoms with Crippen molar-refractivity contribution in [2.45, 2.75) is 27.3 Å². The molecule has 5 heteroatoms. The summed E-state index contributed by atoms with van der Waals surface area (Å²) in [5, 5.41) is 11.0. The van der Waals surface area contributed by atoms with Crippen molar-refractivity contribution in [2.24, 2.45) is 5.41 Å². The standard InChI is InChI=1S/C12H17NO3S/c1-8-5-6-17-9(8)7-13(4)10(14)12(2,3)11(15)16/h5-6H,7H2,1-4H3,(H,15,16). The summed E-state index contributed by atoms with van der Waals surface area (Å²) >= 11 is 1.57. The van der Waals surface area contributed by atoms with E-state index in [1.807, 2.05) is 18.4 Å². The van der Waals surface area contributed by atoms with Gasteiger partial charge in [-0.05, 0) is 37.8 Å². The second kappa shape index (κ2) is 4.87. The van der Waals surface area contributed by atoms with Gasteiger partial charge in [-0.1, -0.05) is 0 Å². The van der Waals surface area contributed by atoms with E-state index < -0.39 is 11.4 Å². The second-order valence-corrected chi connectivity index (χ2v) is 5.62. The Bertz CT molecular complexity index is 437. The van der Waals surface area contributed by atoms with E-state index in [0.717, 1.165) is 10.4 Å². The number of hydrogen-bond acceptors (Lipinski definition) is 3. The van der Waals surface area contributed by atoms with E-state index in [9.17, 15) is 9.59 Å². The molecule has 0 atom stereocenters. The predicted octanol–water partition coefficient (Wildman–Crippen LogP) is 2.13. The van der Waals surface area contributed by atoms with E-state index in [1.165, 1.54) is 18.7 Å². The molecule has 1 aromatic heterocycles. The molecule has 1 N–H and O–H groups in total. The van der Waals surface area contributed by atoms with Gasteiger partial charge in [0.15, 0.2) is 0 Å². The average molecular weight is 255 g/mol. The van der Waals surface area contributed by atoms with Crippen LogP contribution in [0.3, 0.4) is 0 Å². The molecule has 0 radical (unpaired) electrons. The summed E-state index contributed by atoms with van der Waals surface area (Å²) in [5.41, 5.74) is -0.248. The van der Waals surface area contributed by atoms with Crippen LogP contribution in [0.5, 0.6) is 0 Å². The summed E-state index contributed by atoms with van der Waals surface area (Å²) in [5.74, 6) is -1.48. The molecule has 0 fully saturated rings. The van der Waals surface area contributed by atoms with Crippen LogP contribution in [0.15, 0.2) is 11.4 Å². The molecule has 1 rings (SSSR count). The number of carboxylic acid groups (broad SMARTS) is 1. The van der Waals surface area contributed by atoms with Crippen LogP contribution in [0.25, 0.3) is 0 Å². The molecule has 0 spiro atoms. The summed E-state index contributed by atoms with van der Waals surface area (Å²) in [6.45, 7) is 5.29. The minimum Gasteiger partial charge on any atom is -0.480 e. The van der Waals surface area contributed by atoms with E-state index in [-0.39, 0.29) is 5.91 Å². The highest BCUT2D eigenvalue weighted by atomic mass is 32.1. The molecule has 94 valence electrons. The van der Waals surface area contributed by atoms with Gasteiger partial charge in [0.1, 0.15) is 5.41 Å². The molecule has 4 nitrogen and oxygen atoms in total. The Kier molecular flexibility index (Phi) is 3.93. The number of amides is 1. The lowest BCUT2D eigenvalue weighted by atomic mass is 9.92.